The monoisotopic (exact) mass is 304 g/mol. The Hall–Kier alpha value is -1.12. The second kappa shape index (κ2) is 5.25. The van der Waals surface area contributed by atoms with E-state index in [4.69, 9.17) is 0 Å². The third kappa shape index (κ3) is 2.65. The minimum Gasteiger partial charge on any atom is -0.384 e. The van der Waals surface area contributed by atoms with Crippen LogP contribution in [0.4, 0.5) is 0 Å². The van der Waals surface area contributed by atoms with Gasteiger partial charge in [-0.15, -0.1) is 0 Å². The Kier molecular flexibility index (Phi) is 3.88. The maximum atomic E-state index is 10.5. The average Bonchev–Trinajstić information content (AvgIpc) is 2.33. The summed E-state index contributed by atoms with van der Waals surface area (Å²) < 4.78 is 0.987. The van der Waals surface area contributed by atoms with E-state index in [-0.39, 0.29) is 0 Å². The molecule has 2 rings (SSSR count). The van der Waals surface area contributed by atoms with E-state index in [1.165, 1.54) is 11.1 Å². The lowest BCUT2D eigenvalue weighted by Crippen LogP contribution is -2.03. The lowest BCUT2D eigenvalue weighted by Gasteiger charge is -2.16. The standard InChI is InChI=1S/C16H17BrO/c1-10-7-12(3)15(8-11(10)2)16(18)13-5-4-6-14(17)9-13/h4-9,16,18H,1-3H3/t16-/m0/s1. The molecule has 2 heteroatoms. The van der Waals surface area contributed by atoms with Crippen LogP contribution in [0.1, 0.15) is 33.9 Å². The van der Waals surface area contributed by atoms with E-state index in [1.54, 1.807) is 0 Å². The Morgan fingerprint density at radius 3 is 2.28 bits per heavy atom. The van der Waals surface area contributed by atoms with Crippen molar-refractivity contribution in [3.63, 3.8) is 0 Å². The number of aryl methyl sites for hydroxylation is 3. The maximum Gasteiger partial charge on any atom is 0.104 e. The fourth-order valence-corrected chi connectivity index (χ4v) is 2.55. The molecule has 1 nitrogen and oxygen atoms in total. The molecule has 18 heavy (non-hydrogen) atoms. The summed E-state index contributed by atoms with van der Waals surface area (Å²) in [5.74, 6) is 0. The first-order valence-electron chi connectivity index (χ1n) is 6.00. The lowest BCUT2D eigenvalue weighted by molar-refractivity contribution is 0.219. The first-order chi connectivity index (χ1) is 8.49. The van der Waals surface area contributed by atoms with E-state index in [0.717, 1.165) is 21.2 Å². The third-order valence-corrected chi connectivity index (χ3v) is 3.83. The Morgan fingerprint density at radius 1 is 0.944 bits per heavy atom. The molecule has 0 aliphatic heterocycles. The zero-order valence-electron chi connectivity index (χ0n) is 10.9. The largest absolute Gasteiger partial charge is 0.384 e. The highest BCUT2D eigenvalue weighted by Gasteiger charge is 2.14. The van der Waals surface area contributed by atoms with Crippen LogP contribution in [0.5, 0.6) is 0 Å². The number of rotatable bonds is 2. The van der Waals surface area contributed by atoms with Gasteiger partial charge in [0.1, 0.15) is 6.10 Å². The van der Waals surface area contributed by atoms with Crippen LogP contribution in [-0.4, -0.2) is 5.11 Å². The first-order valence-corrected chi connectivity index (χ1v) is 6.79. The van der Waals surface area contributed by atoms with Crippen LogP contribution in [0.25, 0.3) is 0 Å². The minimum absolute atomic E-state index is 0.568. The van der Waals surface area contributed by atoms with Crippen molar-refractivity contribution in [1.29, 1.82) is 0 Å². The molecule has 2 aromatic carbocycles. The molecule has 2 aromatic rings. The molecule has 0 saturated carbocycles. The van der Waals surface area contributed by atoms with E-state index >= 15 is 0 Å². The van der Waals surface area contributed by atoms with Gasteiger partial charge in [-0.05, 0) is 60.7 Å². The van der Waals surface area contributed by atoms with E-state index in [1.807, 2.05) is 31.2 Å². The molecule has 0 aliphatic carbocycles. The second-order valence-corrected chi connectivity index (χ2v) is 5.67. The summed E-state index contributed by atoms with van der Waals surface area (Å²) in [4.78, 5) is 0. The number of benzene rings is 2. The van der Waals surface area contributed by atoms with Gasteiger partial charge >= 0.3 is 0 Å². The Balaban J connectivity index is 2.46. The molecule has 0 fully saturated rings. The van der Waals surface area contributed by atoms with Gasteiger partial charge in [-0.2, -0.15) is 0 Å². The van der Waals surface area contributed by atoms with Gasteiger partial charge in [0.05, 0.1) is 0 Å². The van der Waals surface area contributed by atoms with Crippen LogP contribution in [0.15, 0.2) is 40.9 Å². The van der Waals surface area contributed by atoms with Gasteiger partial charge in [-0.1, -0.05) is 40.2 Å². The van der Waals surface area contributed by atoms with Crippen molar-refractivity contribution in [3.05, 3.63) is 68.7 Å². The van der Waals surface area contributed by atoms with Crippen molar-refractivity contribution in [2.24, 2.45) is 0 Å². The highest BCUT2D eigenvalue weighted by atomic mass is 79.9. The van der Waals surface area contributed by atoms with Gasteiger partial charge in [0.15, 0.2) is 0 Å². The normalized spacial score (nSPS) is 12.5. The molecule has 0 aromatic heterocycles. The number of hydrogen-bond acceptors (Lipinski definition) is 1. The quantitative estimate of drug-likeness (QED) is 0.868. The fraction of sp³-hybridized carbons (Fsp3) is 0.250. The fourth-order valence-electron chi connectivity index (χ4n) is 2.13. The number of aliphatic hydroxyl groups is 1. The summed E-state index contributed by atoms with van der Waals surface area (Å²) >= 11 is 3.44. The summed E-state index contributed by atoms with van der Waals surface area (Å²) in [6.45, 7) is 6.21. The molecular weight excluding hydrogens is 288 g/mol. The third-order valence-electron chi connectivity index (χ3n) is 3.34. The Labute approximate surface area is 117 Å². The molecule has 1 atom stereocenters. The van der Waals surface area contributed by atoms with Crippen LogP contribution < -0.4 is 0 Å². The molecule has 0 amide bonds. The summed E-state index contributed by atoms with van der Waals surface area (Å²) in [5.41, 5.74) is 5.50. The molecule has 1 N–H and O–H groups in total. The second-order valence-electron chi connectivity index (χ2n) is 4.75. The predicted octanol–water partition coefficient (Wildman–Crippen LogP) is 4.46. The van der Waals surface area contributed by atoms with Crippen molar-refractivity contribution >= 4 is 15.9 Å². The predicted molar refractivity (Wildman–Crippen MR) is 78.9 cm³/mol. The van der Waals surface area contributed by atoms with Gasteiger partial charge in [-0.25, -0.2) is 0 Å². The molecule has 0 saturated heterocycles. The molecule has 0 bridgehead atoms. The number of aliphatic hydroxyl groups excluding tert-OH is 1. The van der Waals surface area contributed by atoms with Crippen molar-refractivity contribution in [1.82, 2.24) is 0 Å². The lowest BCUT2D eigenvalue weighted by atomic mass is 9.94. The van der Waals surface area contributed by atoms with E-state index < -0.39 is 6.10 Å². The SMILES string of the molecule is Cc1cc(C)c([C@@H](O)c2cccc(Br)c2)cc1C. The zero-order valence-corrected chi connectivity index (χ0v) is 12.5. The highest BCUT2D eigenvalue weighted by molar-refractivity contribution is 9.10. The average molecular weight is 305 g/mol. The first kappa shape index (κ1) is 13.3. The Bertz CT molecular complexity index is 575. The van der Waals surface area contributed by atoms with Crippen molar-refractivity contribution in [2.45, 2.75) is 26.9 Å². The summed E-state index contributed by atoms with van der Waals surface area (Å²) in [6, 6.07) is 12.0. The molecule has 0 unspecified atom stereocenters. The van der Waals surface area contributed by atoms with Gasteiger partial charge < -0.3 is 5.11 Å². The van der Waals surface area contributed by atoms with Crippen molar-refractivity contribution in [2.75, 3.05) is 0 Å². The number of halogens is 1. The molecular formula is C16H17BrO. The molecule has 0 radical (unpaired) electrons. The molecule has 0 aliphatic rings. The van der Waals surface area contributed by atoms with Gasteiger partial charge in [0.25, 0.3) is 0 Å². The molecule has 94 valence electrons. The maximum absolute atomic E-state index is 10.5. The zero-order chi connectivity index (χ0) is 13.3. The van der Waals surface area contributed by atoms with Gasteiger partial charge in [-0.3, -0.25) is 0 Å². The minimum atomic E-state index is -0.568. The molecule has 0 heterocycles. The summed E-state index contributed by atoms with van der Waals surface area (Å²) in [5, 5.41) is 10.5. The highest BCUT2D eigenvalue weighted by Crippen LogP contribution is 2.28. The van der Waals surface area contributed by atoms with Crippen molar-refractivity contribution in [3.8, 4) is 0 Å². The van der Waals surface area contributed by atoms with Crippen LogP contribution in [0.3, 0.4) is 0 Å². The van der Waals surface area contributed by atoms with Crippen LogP contribution in [0.2, 0.25) is 0 Å². The van der Waals surface area contributed by atoms with Gasteiger partial charge in [0.2, 0.25) is 0 Å². The topological polar surface area (TPSA) is 20.2 Å². The van der Waals surface area contributed by atoms with Crippen molar-refractivity contribution < 1.29 is 5.11 Å². The Morgan fingerprint density at radius 2 is 1.61 bits per heavy atom. The van der Waals surface area contributed by atoms with Crippen LogP contribution in [0, 0.1) is 20.8 Å². The van der Waals surface area contributed by atoms with Crippen LogP contribution in [-0.2, 0) is 0 Å². The van der Waals surface area contributed by atoms with Gasteiger partial charge in [0, 0.05) is 4.47 Å². The van der Waals surface area contributed by atoms with E-state index in [2.05, 4.69) is 41.9 Å². The summed E-state index contributed by atoms with van der Waals surface area (Å²) in [7, 11) is 0. The summed E-state index contributed by atoms with van der Waals surface area (Å²) in [6.07, 6.45) is -0.568. The smallest absolute Gasteiger partial charge is 0.104 e. The van der Waals surface area contributed by atoms with E-state index in [9.17, 15) is 5.11 Å². The van der Waals surface area contributed by atoms with Crippen LogP contribution >= 0.6 is 15.9 Å². The number of hydrogen-bond donors (Lipinski definition) is 1. The molecule has 0 spiro atoms. The van der Waals surface area contributed by atoms with E-state index in [0.29, 0.717) is 0 Å².